The molecule has 2 fully saturated rings. The number of furan rings is 1. The summed E-state index contributed by atoms with van der Waals surface area (Å²) in [5, 5.41) is 4.26. The smallest absolute Gasteiger partial charge is 0.238 e. The minimum absolute atomic E-state index is 0.229. The Morgan fingerprint density at radius 2 is 1.00 bits per heavy atom. The highest BCUT2D eigenvalue weighted by Gasteiger charge is 2.37. The lowest BCUT2D eigenvalue weighted by Gasteiger charge is -2.40. The van der Waals surface area contributed by atoms with Crippen molar-refractivity contribution in [3.05, 3.63) is 120 Å². The van der Waals surface area contributed by atoms with Crippen molar-refractivity contribution in [2.24, 2.45) is 10.8 Å². The Hall–Kier alpha value is -5.53. The Morgan fingerprint density at radius 1 is 0.500 bits per heavy atom. The molecule has 0 spiro atoms. The Bertz CT molecular complexity index is 2850. The van der Waals surface area contributed by atoms with Gasteiger partial charge in [-0.2, -0.15) is 9.97 Å². The van der Waals surface area contributed by atoms with Crippen LogP contribution in [0.2, 0.25) is 0 Å². The maximum absolute atomic E-state index is 6.60. The number of unbranched alkanes of at least 4 members (excludes halogenated alkanes) is 4. The second-order valence-electron chi connectivity index (χ2n) is 19.0. The molecular formula is C57H64N4O7. The largest absolute Gasteiger partial charge is 0.456 e. The number of hydrogen-bond acceptors (Lipinski definition) is 10. The average molecular weight is 917 g/mol. The lowest BCUT2D eigenvalue weighted by molar-refractivity contribution is -0.150. The van der Waals surface area contributed by atoms with Crippen LogP contribution >= 0.6 is 0 Å². The van der Waals surface area contributed by atoms with Gasteiger partial charge in [0.1, 0.15) is 11.2 Å². The first-order chi connectivity index (χ1) is 33.5. The molecule has 11 nitrogen and oxygen atoms in total. The first kappa shape index (κ1) is 46.2. The van der Waals surface area contributed by atoms with E-state index in [1.807, 2.05) is 60.7 Å². The van der Waals surface area contributed by atoms with Crippen LogP contribution in [-0.2, 0) is 41.6 Å². The summed E-state index contributed by atoms with van der Waals surface area (Å²) in [4.78, 5) is 15.4. The number of aromatic nitrogens is 4. The van der Waals surface area contributed by atoms with Crippen molar-refractivity contribution in [2.45, 2.75) is 78.4 Å². The van der Waals surface area contributed by atoms with E-state index in [1.54, 1.807) is 0 Å². The number of nitrogens with zero attached hydrogens (tertiary/aromatic N) is 4. The zero-order valence-corrected chi connectivity index (χ0v) is 39.7. The third-order valence-electron chi connectivity index (χ3n) is 14.0. The number of ether oxygens (including phenoxy) is 6. The van der Waals surface area contributed by atoms with Crippen molar-refractivity contribution in [1.82, 2.24) is 19.5 Å². The van der Waals surface area contributed by atoms with Crippen molar-refractivity contribution >= 4 is 43.7 Å². The molecule has 0 amide bonds. The molecule has 68 heavy (non-hydrogen) atoms. The predicted molar refractivity (Wildman–Crippen MR) is 268 cm³/mol. The van der Waals surface area contributed by atoms with E-state index >= 15 is 0 Å². The second-order valence-corrected chi connectivity index (χ2v) is 19.0. The van der Waals surface area contributed by atoms with Crippen LogP contribution in [0.5, 0.6) is 0 Å². The Labute approximate surface area is 399 Å². The average Bonchev–Trinajstić information content (AvgIpc) is 3.89. The summed E-state index contributed by atoms with van der Waals surface area (Å²) < 4.78 is 44.3. The quantitative estimate of drug-likeness (QED) is 0.0514. The summed E-state index contributed by atoms with van der Waals surface area (Å²) in [5.74, 6) is 1.76. The molecule has 3 aromatic heterocycles. The van der Waals surface area contributed by atoms with Crippen LogP contribution in [0.3, 0.4) is 0 Å². The number of fused-ring (bicyclic) bond motifs is 7. The van der Waals surface area contributed by atoms with Gasteiger partial charge < -0.3 is 32.8 Å². The van der Waals surface area contributed by atoms with Crippen LogP contribution in [0, 0.1) is 10.8 Å². The van der Waals surface area contributed by atoms with Crippen LogP contribution in [0.1, 0.15) is 76.3 Å². The van der Waals surface area contributed by atoms with E-state index in [0.717, 1.165) is 170 Å². The minimum atomic E-state index is 0.229. The molecule has 2 aliphatic heterocycles. The Balaban J connectivity index is 0.917. The van der Waals surface area contributed by atoms with E-state index in [2.05, 4.69) is 66.9 Å². The van der Waals surface area contributed by atoms with Gasteiger partial charge in [-0.3, -0.25) is 4.57 Å². The minimum Gasteiger partial charge on any atom is -0.456 e. The lowest BCUT2D eigenvalue weighted by atomic mass is 9.84. The zero-order valence-electron chi connectivity index (χ0n) is 39.7. The molecule has 8 aromatic rings. The van der Waals surface area contributed by atoms with E-state index in [9.17, 15) is 0 Å². The van der Waals surface area contributed by atoms with Gasteiger partial charge in [0.05, 0.1) is 63.9 Å². The van der Waals surface area contributed by atoms with Crippen LogP contribution in [0.15, 0.2) is 114 Å². The molecule has 354 valence electrons. The van der Waals surface area contributed by atoms with Crippen molar-refractivity contribution in [2.75, 3.05) is 66.1 Å². The van der Waals surface area contributed by atoms with Gasteiger partial charge in [0.15, 0.2) is 11.6 Å². The molecule has 10 rings (SSSR count). The molecule has 0 unspecified atom stereocenters. The second kappa shape index (κ2) is 21.4. The summed E-state index contributed by atoms with van der Waals surface area (Å²) in [6.07, 6.45) is 8.38. The SMILES string of the molecule is CCC1(COCCCCCOCc2ccc3oc4ccc5c(c6cc(COCCCCCOCC7(CC)COC7)ccc6n5-c5nc(-c6ccccc6)nc(-c6ccccc6)n5)c4c3c2)COC1. The van der Waals surface area contributed by atoms with Crippen LogP contribution in [0.4, 0.5) is 0 Å². The van der Waals surface area contributed by atoms with Gasteiger partial charge in [-0.05, 0) is 98.9 Å². The summed E-state index contributed by atoms with van der Waals surface area (Å²) in [7, 11) is 0. The fraction of sp³-hybridized carbons (Fsp3) is 0.421. The molecule has 0 saturated carbocycles. The van der Waals surface area contributed by atoms with Gasteiger partial charge in [-0.15, -0.1) is 0 Å². The van der Waals surface area contributed by atoms with Crippen molar-refractivity contribution in [3.8, 4) is 28.7 Å². The Morgan fingerprint density at radius 3 is 1.53 bits per heavy atom. The van der Waals surface area contributed by atoms with Gasteiger partial charge in [0.25, 0.3) is 0 Å². The highest BCUT2D eigenvalue weighted by Crippen LogP contribution is 2.42. The zero-order chi connectivity index (χ0) is 46.2. The molecule has 11 heteroatoms. The molecule has 0 aliphatic carbocycles. The monoisotopic (exact) mass is 916 g/mol. The summed E-state index contributed by atoms with van der Waals surface area (Å²) in [5.41, 5.74) is 8.12. The highest BCUT2D eigenvalue weighted by molar-refractivity contribution is 6.27. The highest BCUT2D eigenvalue weighted by atomic mass is 16.5. The molecule has 0 radical (unpaired) electrons. The molecule has 2 aliphatic rings. The topological polar surface area (TPSA) is 112 Å². The fourth-order valence-corrected chi connectivity index (χ4v) is 9.45. The molecule has 0 bridgehead atoms. The summed E-state index contributed by atoms with van der Waals surface area (Å²) in [6, 6.07) is 37.5. The number of benzene rings is 5. The van der Waals surface area contributed by atoms with Crippen LogP contribution in [0.25, 0.3) is 72.5 Å². The van der Waals surface area contributed by atoms with Crippen molar-refractivity contribution in [3.63, 3.8) is 0 Å². The molecular weight excluding hydrogens is 853 g/mol. The third-order valence-corrected chi connectivity index (χ3v) is 14.0. The first-order valence-electron chi connectivity index (χ1n) is 24.8. The Kier molecular flexibility index (Phi) is 14.5. The summed E-state index contributed by atoms with van der Waals surface area (Å²) >= 11 is 0. The standard InChI is InChI=1S/C57H64N4O7/c1-3-56(37-66-38-56)35-64-29-15-7-13-27-62-33-41-21-23-47-45(31-41)51-48(61(47)55-59-53(43-17-9-5-10-18-43)58-54(60-55)44-19-11-6-12-20-44)24-26-50-52(51)46-32-42(22-25-49(46)68-50)34-63-28-14-8-16-30-65-36-57(4-2)39-67-40-57/h5-6,9-12,17-26,31-32H,3-4,7-8,13-16,27-30,33-40H2,1-2H3. The third kappa shape index (κ3) is 10.1. The molecule has 0 atom stereocenters. The van der Waals surface area contributed by atoms with E-state index < -0.39 is 0 Å². The lowest BCUT2D eigenvalue weighted by Crippen LogP contribution is -2.45. The van der Waals surface area contributed by atoms with E-state index in [4.69, 9.17) is 47.8 Å². The predicted octanol–water partition coefficient (Wildman–Crippen LogP) is 12.5. The van der Waals surface area contributed by atoms with E-state index in [-0.39, 0.29) is 10.8 Å². The van der Waals surface area contributed by atoms with Crippen molar-refractivity contribution < 1.29 is 32.8 Å². The van der Waals surface area contributed by atoms with Crippen LogP contribution in [-0.4, -0.2) is 85.6 Å². The maximum Gasteiger partial charge on any atom is 0.238 e. The van der Waals surface area contributed by atoms with Gasteiger partial charge in [-0.1, -0.05) is 86.6 Å². The summed E-state index contributed by atoms with van der Waals surface area (Å²) in [6.45, 7) is 13.3. The molecule has 2 saturated heterocycles. The number of rotatable bonds is 25. The molecule has 0 N–H and O–H groups in total. The maximum atomic E-state index is 6.60. The molecule has 5 aromatic carbocycles. The number of hydrogen-bond donors (Lipinski definition) is 0. The van der Waals surface area contributed by atoms with Gasteiger partial charge in [0, 0.05) is 69.9 Å². The van der Waals surface area contributed by atoms with E-state index in [0.29, 0.717) is 44.0 Å². The van der Waals surface area contributed by atoms with Crippen molar-refractivity contribution in [1.29, 1.82) is 0 Å². The first-order valence-corrected chi connectivity index (χ1v) is 24.8. The normalized spacial score (nSPS) is 15.4. The van der Waals surface area contributed by atoms with E-state index in [1.165, 1.54) is 0 Å². The van der Waals surface area contributed by atoms with Gasteiger partial charge >= 0.3 is 0 Å². The van der Waals surface area contributed by atoms with Crippen LogP contribution < -0.4 is 0 Å². The van der Waals surface area contributed by atoms with Gasteiger partial charge in [0.2, 0.25) is 5.95 Å². The van der Waals surface area contributed by atoms with Gasteiger partial charge in [-0.25, -0.2) is 4.98 Å². The fourth-order valence-electron chi connectivity index (χ4n) is 9.45. The molecule has 5 heterocycles.